The minimum atomic E-state index is -0.344. The van der Waals surface area contributed by atoms with E-state index in [1.807, 2.05) is 11.9 Å². The summed E-state index contributed by atoms with van der Waals surface area (Å²) in [5.74, 6) is 2.40. The first-order valence-electron chi connectivity index (χ1n) is 11.2. The maximum Gasteiger partial charge on any atom is 0.317 e. The lowest BCUT2D eigenvalue weighted by atomic mass is 9.68. The summed E-state index contributed by atoms with van der Waals surface area (Å²) in [5.41, 5.74) is 0. The molecule has 1 N–H and O–H groups in total. The van der Waals surface area contributed by atoms with Gasteiger partial charge in [-0.15, -0.1) is 0 Å². The highest BCUT2D eigenvalue weighted by Gasteiger charge is 2.60. The minimum absolute atomic E-state index is 0.0538. The molecule has 6 aliphatic rings. The third-order valence-electron chi connectivity index (χ3n) is 8.16. The second-order valence-electron chi connectivity index (χ2n) is 9.65. The van der Waals surface area contributed by atoms with E-state index in [0.29, 0.717) is 36.1 Å². The van der Waals surface area contributed by atoms with Gasteiger partial charge in [-0.05, 0) is 43.9 Å². The molecule has 6 rings (SSSR count). The fourth-order valence-corrected chi connectivity index (χ4v) is 6.49. The summed E-state index contributed by atoms with van der Waals surface area (Å²) in [6.07, 6.45) is 9.59. The summed E-state index contributed by atoms with van der Waals surface area (Å²) in [6.45, 7) is 2.21. The summed E-state index contributed by atoms with van der Waals surface area (Å²) in [7, 11) is 3.49. The van der Waals surface area contributed by atoms with Crippen molar-refractivity contribution in [1.29, 1.82) is 0 Å². The van der Waals surface area contributed by atoms with Crippen LogP contribution in [-0.2, 0) is 9.59 Å². The lowest BCUT2D eigenvalue weighted by molar-refractivity contribution is -0.138. The number of allylic oxidation sites excluding steroid dienone is 2. The zero-order valence-corrected chi connectivity index (χ0v) is 17.4. The molecule has 2 aliphatic heterocycles. The third-order valence-corrected chi connectivity index (χ3v) is 8.16. The van der Waals surface area contributed by atoms with E-state index in [9.17, 15) is 14.4 Å². The Kier molecular flexibility index (Phi) is 4.59. The standard InChI is InChI=1S/C22H32N4O3/c1-23-22(29)26-9-3-4-18(26)21(28)24(2)19-16-11-25(12-17(16)19)20(27)15-10-13-5-7-14(15)8-6-13/h5,7,13-19H,3-4,6,8-12H2,1-2H3,(H,23,29)/t13-,14+,15-,16-,17+,18-,19?/m1/s1. The Hall–Kier alpha value is -2.05. The molecule has 0 radical (unpaired) electrons. The molecule has 0 aromatic carbocycles. The monoisotopic (exact) mass is 400 g/mol. The second-order valence-corrected chi connectivity index (χ2v) is 9.65. The van der Waals surface area contributed by atoms with Gasteiger partial charge >= 0.3 is 6.03 Å². The first-order valence-corrected chi connectivity index (χ1v) is 11.2. The Bertz CT molecular complexity index is 740. The van der Waals surface area contributed by atoms with Crippen molar-refractivity contribution in [1.82, 2.24) is 20.0 Å². The van der Waals surface area contributed by atoms with Crippen LogP contribution in [0.2, 0.25) is 0 Å². The van der Waals surface area contributed by atoms with E-state index in [0.717, 1.165) is 38.8 Å². The maximum absolute atomic E-state index is 13.1. The van der Waals surface area contributed by atoms with Crippen molar-refractivity contribution < 1.29 is 14.4 Å². The lowest BCUT2D eigenvalue weighted by Crippen LogP contribution is -2.51. The molecule has 2 heterocycles. The van der Waals surface area contributed by atoms with Gasteiger partial charge in [0, 0.05) is 57.5 Å². The van der Waals surface area contributed by atoms with Gasteiger partial charge in [0.1, 0.15) is 6.04 Å². The van der Waals surface area contributed by atoms with Crippen molar-refractivity contribution in [2.45, 2.75) is 44.2 Å². The zero-order valence-electron chi connectivity index (χ0n) is 17.4. The third kappa shape index (κ3) is 3.04. The number of carbonyl (C=O) groups excluding carboxylic acids is 3. The van der Waals surface area contributed by atoms with Crippen molar-refractivity contribution in [2.75, 3.05) is 33.7 Å². The van der Waals surface area contributed by atoms with Gasteiger partial charge in [-0.2, -0.15) is 0 Å². The first kappa shape index (κ1) is 18.9. The predicted octanol–water partition coefficient (Wildman–Crippen LogP) is 1.31. The Labute approximate surface area is 172 Å². The summed E-state index contributed by atoms with van der Waals surface area (Å²) >= 11 is 0. The number of fused-ring (bicyclic) bond motifs is 3. The number of rotatable bonds is 3. The van der Waals surface area contributed by atoms with E-state index in [-0.39, 0.29) is 29.9 Å². The van der Waals surface area contributed by atoms with Gasteiger partial charge in [-0.1, -0.05) is 12.2 Å². The number of hydrogen-bond donors (Lipinski definition) is 1. The smallest absolute Gasteiger partial charge is 0.317 e. The number of piperidine rings is 1. The van der Waals surface area contributed by atoms with Crippen LogP contribution in [0, 0.1) is 29.6 Å². The van der Waals surface area contributed by atoms with Crippen LogP contribution in [0.4, 0.5) is 4.79 Å². The molecule has 2 saturated carbocycles. The highest BCUT2D eigenvalue weighted by atomic mass is 16.2. The Morgan fingerprint density at radius 1 is 1.07 bits per heavy atom. The highest BCUT2D eigenvalue weighted by molar-refractivity contribution is 5.88. The summed E-state index contributed by atoms with van der Waals surface area (Å²) < 4.78 is 0. The summed E-state index contributed by atoms with van der Waals surface area (Å²) in [5, 5.41) is 2.64. The Morgan fingerprint density at radius 2 is 1.83 bits per heavy atom. The number of nitrogens with one attached hydrogen (secondary N) is 1. The van der Waals surface area contributed by atoms with E-state index in [2.05, 4.69) is 22.4 Å². The van der Waals surface area contributed by atoms with Crippen molar-refractivity contribution in [2.24, 2.45) is 29.6 Å². The molecule has 0 spiro atoms. The van der Waals surface area contributed by atoms with Crippen LogP contribution in [-0.4, -0.2) is 78.4 Å². The molecule has 1 unspecified atom stereocenters. The number of nitrogens with zero attached hydrogens (tertiary/aromatic N) is 3. The molecule has 0 aromatic rings. The lowest BCUT2D eigenvalue weighted by Gasteiger charge is -2.39. The van der Waals surface area contributed by atoms with E-state index < -0.39 is 0 Å². The normalized spacial score (nSPS) is 39.4. The number of amides is 4. The Balaban J connectivity index is 1.17. The quantitative estimate of drug-likeness (QED) is 0.726. The predicted molar refractivity (Wildman–Crippen MR) is 108 cm³/mol. The first-order chi connectivity index (χ1) is 14.0. The molecular weight excluding hydrogens is 368 g/mol. The van der Waals surface area contributed by atoms with Crippen LogP contribution in [0.1, 0.15) is 32.1 Å². The fraction of sp³-hybridized carbons (Fsp3) is 0.773. The molecule has 29 heavy (non-hydrogen) atoms. The average Bonchev–Trinajstić information content (AvgIpc) is 3.12. The van der Waals surface area contributed by atoms with Gasteiger partial charge in [-0.3, -0.25) is 9.59 Å². The molecule has 158 valence electrons. The number of likely N-dealkylation sites (tertiary alicyclic amines) is 2. The van der Waals surface area contributed by atoms with Crippen molar-refractivity contribution in [3.8, 4) is 0 Å². The van der Waals surface area contributed by atoms with Crippen molar-refractivity contribution in [3.05, 3.63) is 12.2 Å². The van der Waals surface area contributed by atoms with Crippen LogP contribution in [0.15, 0.2) is 12.2 Å². The maximum atomic E-state index is 13.1. The van der Waals surface area contributed by atoms with Crippen LogP contribution in [0.25, 0.3) is 0 Å². The van der Waals surface area contributed by atoms with E-state index >= 15 is 0 Å². The van der Waals surface area contributed by atoms with Crippen LogP contribution in [0.3, 0.4) is 0 Å². The molecule has 7 heteroatoms. The van der Waals surface area contributed by atoms with E-state index in [1.165, 1.54) is 6.42 Å². The SMILES string of the molecule is CNC(=O)N1CCC[C@@H]1C(=O)N(C)C1[C@H]2CN(C(=O)[C@@H]3C[C@@H]4C=C[C@H]3CC4)C[C@@H]12. The van der Waals surface area contributed by atoms with Crippen molar-refractivity contribution in [3.63, 3.8) is 0 Å². The van der Waals surface area contributed by atoms with Crippen LogP contribution < -0.4 is 5.32 Å². The second kappa shape index (κ2) is 7.03. The average molecular weight is 401 g/mol. The van der Waals surface area contributed by atoms with Crippen molar-refractivity contribution >= 4 is 17.8 Å². The van der Waals surface area contributed by atoms with Crippen LogP contribution >= 0.6 is 0 Å². The van der Waals surface area contributed by atoms with E-state index in [1.54, 1.807) is 11.9 Å². The van der Waals surface area contributed by atoms with Gasteiger partial charge in [0.2, 0.25) is 11.8 Å². The largest absolute Gasteiger partial charge is 0.342 e. The molecule has 4 aliphatic carbocycles. The molecule has 7 nitrogen and oxygen atoms in total. The molecule has 0 aromatic heterocycles. The molecule has 4 amide bonds. The molecular formula is C22H32N4O3. The highest BCUT2D eigenvalue weighted by Crippen LogP contribution is 2.50. The molecule has 4 fully saturated rings. The topological polar surface area (TPSA) is 73.0 Å². The Morgan fingerprint density at radius 3 is 2.41 bits per heavy atom. The van der Waals surface area contributed by atoms with Gasteiger partial charge < -0.3 is 20.0 Å². The number of likely N-dealkylation sites (N-methyl/N-ethyl adjacent to an activating group) is 1. The summed E-state index contributed by atoms with van der Waals surface area (Å²) in [4.78, 5) is 43.8. The zero-order chi connectivity index (χ0) is 20.3. The van der Waals surface area contributed by atoms with Gasteiger partial charge in [-0.25, -0.2) is 4.79 Å². The van der Waals surface area contributed by atoms with Gasteiger partial charge in [0.25, 0.3) is 0 Å². The number of carbonyl (C=O) groups is 3. The number of hydrogen-bond acceptors (Lipinski definition) is 3. The molecule has 2 bridgehead atoms. The van der Waals surface area contributed by atoms with Crippen LogP contribution in [0.5, 0.6) is 0 Å². The van der Waals surface area contributed by atoms with Gasteiger partial charge in [0.15, 0.2) is 0 Å². The van der Waals surface area contributed by atoms with Gasteiger partial charge in [0.05, 0.1) is 0 Å². The fourth-order valence-electron chi connectivity index (χ4n) is 6.49. The minimum Gasteiger partial charge on any atom is -0.342 e. The molecule has 7 atom stereocenters. The van der Waals surface area contributed by atoms with E-state index in [4.69, 9.17) is 0 Å². The summed E-state index contributed by atoms with van der Waals surface area (Å²) in [6, 6.07) is -0.289. The number of urea groups is 1. The molecule has 2 saturated heterocycles.